The van der Waals surface area contributed by atoms with E-state index in [4.69, 9.17) is 4.74 Å². The van der Waals surface area contributed by atoms with Crippen LogP contribution in [0.15, 0.2) is 36.4 Å². The molecule has 0 unspecified atom stereocenters. The lowest BCUT2D eigenvalue weighted by atomic mass is 9.78. The van der Waals surface area contributed by atoms with Gasteiger partial charge in [-0.05, 0) is 54.9 Å². The molecule has 1 aliphatic carbocycles. The van der Waals surface area contributed by atoms with E-state index >= 15 is 0 Å². The van der Waals surface area contributed by atoms with Crippen molar-refractivity contribution >= 4 is 0 Å². The van der Waals surface area contributed by atoms with Crippen molar-refractivity contribution in [3.63, 3.8) is 0 Å². The maximum absolute atomic E-state index is 14.4. The molecular weight excluding hydrogens is 354 g/mol. The van der Waals surface area contributed by atoms with Gasteiger partial charge < -0.3 is 4.74 Å². The van der Waals surface area contributed by atoms with Crippen molar-refractivity contribution < 1.29 is 13.5 Å². The normalized spacial score (nSPS) is 19.6. The molecule has 152 valence electrons. The van der Waals surface area contributed by atoms with Gasteiger partial charge in [0.05, 0.1) is 6.61 Å². The zero-order valence-electron chi connectivity index (χ0n) is 17.1. The highest BCUT2D eigenvalue weighted by Gasteiger charge is 2.20. The molecule has 0 atom stereocenters. The van der Waals surface area contributed by atoms with Crippen LogP contribution in [0.4, 0.5) is 8.78 Å². The second-order valence-corrected chi connectivity index (χ2v) is 8.08. The Balaban J connectivity index is 1.58. The van der Waals surface area contributed by atoms with Crippen LogP contribution in [0, 0.1) is 23.5 Å². The van der Waals surface area contributed by atoms with Crippen LogP contribution in [0.1, 0.15) is 64.4 Å². The predicted octanol–water partition coefficient (Wildman–Crippen LogP) is 7.57. The summed E-state index contributed by atoms with van der Waals surface area (Å²) >= 11 is 0. The maximum atomic E-state index is 14.4. The monoisotopic (exact) mass is 386 g/mol. The van der Waals surface area contributed by atoms with Crippen LogP contribution in [-0.2, 0) is 6.42 Å². The summed E-state index contributed by atoms with van der Waals surface area (Å²) in [4.78, 5) is 0. The Morgan fingerprint density at radius 1 is 0.821 bits per heavy atom. The first-order valence-electron chi connectivity index (χ1n) is 10.8. The quantitative estimate of drug-likeness (QED) is 0.454. The molecule has 0 radical (unpaired) electrons. The largest absolute Gasteiger partial charge is 0.491 e. The Morgan fingerprint density at radius 3 is 2.07 bits per heavy atom. The Labute approximate surface area is 168 Å². The first-order chi connectivity index (χ1) is 13.6. The molecule has 1 aliphatic rings. The summed E-state index contributed by atoms with van der Waals surface area (Å²) in [5.74, 6) is -0.00552. The number of hydrogen-bond donors (Lipinski definition) is 0. The third-order valence-electron chi connectivity index (χ3n) is 6.12. The fourth-order valence-electron chi connectivity index (χ4n) is 4.46. The van der Waals surface area contributed by atoms with Crippen LogP contribution in [0.2, 0.25) is 0 Å². The van der Waals surface area contributed by atoms with Gasteiger partial charge in [0.2, 0.25) is 5.82 Å². The summed E-state index contributed by atoms with van der Waals surface area (Å²) < 4.78 is 33.6. The summed E-state index contributed by atoms with van der Waals surface area (Å²) in [6.07, 6.45) is 10.5. The molecule has 2 aromatic carbocycles. The average Bonchev–Trinajstić information content (AvgIpc) is 2.72. The van der Waals surface area contributed by atoms with E-state index in [2.05, 4.69) is 6.92 Å². The maximum Gasteiger partial charge on any atom is 0.201 e. The molecule has 2 aromatic rings. The highest BCUT2D eigenvalue weighted by molar-refractivity contribution is 5.65. The van der Waals surface area contributed by atoms with Crippen molar-refractivity contribution in [2.45, 2.75) is 65.2 Å². The van der Waals surface area contributed by atoms with Crippen molar-refractivity contribution in [1.82, 2.24) is 0 Å². The minimum atomic E-state index is -0.915. The number of benzene rings is 2. The van der Waals surface area contributed by atoms with Gasteiger partial charge in [0.25, 0.3) is 0 Å². The molecule has 0 amide bonds. The van der Waals surface area contributed by atoms with Crippen molar-refractivity contribution in [3.8, 4) is 16.9 Å². The molecule has 1 saturated carbocycles. The van der Waals surface area contributed by atoms with Gasteiger partial charge in [-0.2, -0.15) is 4.39 Å². The van der Waals surface area contributed by atoms with Gasteiger partial charge in [-0.15, -0.1) is 0 Å². The van der Waals surface area contributed by atoms with Crippen molar-refractivity contribution in [2.24, 2.45) is 11.8 Å². The van der Waals surface area contributed by atoms with Gasteiger partial charge in [-0.1, -0.05) is 69.7 Å². The van der Waals surface area contributed by atoms with Crippen molar-refractivity contribution in [2.75, 3.05) is 6.61 Å². The van der Waals surface area contributed by atoms with E-state index in [-0.39, 0.29) is 11.3 Å². The third-order valence-corrected chi connectivity index (χ3v) is 6.12. The van der Waals surface area contributed by atoms with E-state index in [0.717, 1.165) is 18.3 Å². The fourth-order valence-corrected chi connectivity index (χ4v) is 4.46. The molecule has 0 aliphatic heterocycles. The van der Waals surface area contributed by atoms with Gasteiger partial charge in [0.1, 0.15) is 0 Å². The standard InChI is InChI=1S/C25H32F2O/c1-3-5-18-6-8-19(9-7-18)10-11-20-12-14-21(15-13-20)22-16-17-23(28-4-2)25(27)24(22)26/h12-19H,3-11H2,1-2H3/t18-,19-. The Morgan fingerprint density at radius 2 is 1.46 bits per heavy atom. The average molecular weight is 387 g/mol. The van der Waals surface area contributed by atoms with Gasteiger partial charge >= 0.3 is 0 Å². The molecule has 0 bridgehead atoms. The zero-order chi connectivity index (χ0) is 19.9. The van der Waals surface area contributed by atoms with Crippen LogP contribution in [0.3, 0.4) is 0 Å². The van der Waals surface area contributed by atoms with E-state index in [9.17, 15) is 8.78 Å². The highest BCUT2D eigenvalue weighted by atomic mass is 19.2. The van der Waals surface area contributed by atoms with Gasteiger partial charge in [-0.25, -0.2) is 4.39 Å². The lowest BCUT2D eigenvalue weighted by Gasteiger charge is -2.28. The second kappa shape index (κ2) is 10.0. The summed E-state index contributed by atoms with van der Waals surface area (Å²) in [5.41, 5.74) is 2.25. The molecule has 0 N–H and O–H groups in total. The number of aryl methyl sites for hydroxylation is 1. The summed E-state index contributed by atoms with van der Waals surface area (Å²) in [7, 11) is 0. The molecule has 0 spiro atoms. The lowest BCUT2D eigenvalue weighted by Crippen LogP contribution is -2.15. The SMILES string of the molecule is CCC[C@H]1CC[C@H](CCc2ccc(-c3ccc(OCC)c(F)c3F)cc2)CC1. The van der Waals surface area contributed by atoms with E-state index < -0.39 is 11.6 Å². The number of rotatable bonds is 8. The summed E-state index contributed by atoms with van der Waals surface area (Å²) in [6.45, 7) is 4.34. The molecule has 3 rings (SSSR count). The van der Waals surface area contributed by atoms with Crippen LogP contribution >= 0.6 is 0 Å². The van der Waals surface area contributed by atoms with Crippen molar-refractivity contribution in [1.29, 1.82) is 0 Å². The highest BCUT2D eigenvalue weighted by Crippen LogP contribution is 2.34. The fraction of sp³-hybridized carbons (Fsp3) is 0.520. The molecule has 1 fully saturated rings. The van der Waals surface area contributed by atoms with Crippen LogP contribution in [0.5, 0.6) is 5.75 Å². The minimum Gasteiger partial charge on any atom is -0.491 e. The molecular formula is C25H32F2O. The molecule has 28 heavy (non-hydrogen) atoms. The smallest absolute Gasteiger partial charge is 0.201 e. The van der Waals surface area contributed by atoms with Crippen LogP contribution < -0.4 is 4.74 Å². The molecule has 1 nitrogen and oxygen atoms in total. The second-order valence-electron chi connectivity index (χ2n) is 8.08. The van der Waals surface area contributed by atoms with E-state index in [1.54, 1.807) is 13.0 Å². The van der Waals surface area contributed by atoms with E-state index in [1.165, 1.54) is 56.6 Å². The summed E-state index contributed by atoms with van der Waals surface area (Å²) in [6, 6.07) is 11.0. The molecule has 0 aromatic heterocycles. The first kappa shape index (κ1) is 20.8. The lowest BCUT2D eigenvalue weighted by molar-refractivity contribution is 0.252. The van der Waals surface area contributed by atoms with Gasteiger partial charge in [-0.3, -0.25) is 0 Å². The Kier molecular flexibility index (Phi) is 7.47. The minimum absolute atomic E-state index is 0.0333. The molecule has 0 heterocycles. The van der Waals surface area contributed by atoms with Gasteiger partial charge in [0.15, 0.2) is 11.6 Å². The first-order valence-corrected chi connectivity index (χ1v) is 10.8. The topological polar surface area (TPSA) is 9.23 Å². The predicted molar refractivity (Wildman–Crippen MR) is 112 cm³/mol. The zero-order valence-corrected chi connectivity index (χ0v) is 17.1. The molecule has 0 saturated heterocycles. The summed E-state index contributed by atoms with van der Waals surface area (Å²) in [5, 5.41) is 0. The van der Waals surface area contributed by atoms with Gasteiger partial charge in [0, 0.05) is 5.56 Å². The third kappa shape index (κ3) is 5.12. The van der Waals surface area contributed by atoms with Crippen LogP contribution in [-0.4, -0.2) is 6.61 Å². The van der Waals surface area contributed by atoms with E-state index in [1.807, 2.05) is 24.3 Å². The van der Waals surface area contributed by atoms with Crippen LogP contribution in [0.25, 0.3) is 11.1 Å². The Bertz CT molecular complexity index is 746. The van der Waals surface area contributed by atoms with E-state index in [0.29, 0.717) is 12.2 Å². The number of ether oxygens (including phenoxy) is 1. The number of halogens is 2. The Hall–Kier alpha value is -1.90. The molecule has 3 heteroatoms. The van der Waals surface area contributed by atoms with Crippen molar-refractivity contribution in [3.05, 3.63) is 53.6 Å². The number of hydrogen-bond acceptors (Lipinski definition) is 1.